The number of ketones is 2. The molecular weight excluding hydrogens is 417 g/mol. The highest BCUT2D eigenvalue weighted by molar-refractivity contribution is 7.15. The van der Waals surface area contributed by atoms with Gasteiger partial charge in [-0.05, 0) is 54.8 Å². The van der Waals surface area contributed by atoms with Crippen molar-refractivity contribution in [2.24, 2.45) is 0 Å². The zero-order valence-corrected chi connectivity index (χ0v) is 16.7. The van der Waals surface area contributed by atoms with Crippen LogP contribution in [-0.2, 0) is 11.2 Å². The van der Waals surface area contributed by atoms with Crippen LogP contribution in [0.5, 0.6) is 5.75 Å². The Bertz CT molecular complexity index is 1120. The summed E-state index contributed by atoms with van der Waals surface area (Å²) < 4.78 is 42.8. The summed E-state index contributed by atoms with van der Waals surface area (Å²) in [5, 5.41) is 0.621. The van der Waals surface area contributed by atoms with Crippen LogP contribution >= 0.6 is 11.3 Å². The third-order valence-corrected chi connectivity index (χ3v) is 6.02. The van der Waals surface area contributed by atoms with E-state index in [9.17, 15) is 22.8 Å². The smallest absolute Gasteiger partial charge is 0.406 e. The van der Waals surface area contributed by atoms with Crippen LogP contribution in [0.3, 0.4) is 0 Å². The number of carbonyl (C=O) groups is 2. The molecule has 0 amide bonds. The highest BCUT2D eigenvalue weighted by atomic mass is 32.1. The summed E-state index contributed by atoms with van der Waals surface area (Å²) in [7, 11) is 0. The Kier molecular flexibility index (Phi) is 5.23. The van der Waals surface area contributed by atoms with E-state index in [0.717, 1.165) is 10.4 Å². The van der Waals surface area contributed by atoms with Crippen molar-refractivity contribution >= 4 is 22.9 Å². The molecule has 1 aliphatic heterocycles. The van der Waals surface area contributed by atoms with Crippen LogP contribution in [-0.4, -0.2) is 27.5 Å². The normalized spacial score (nSPS) is 16.4. The number of rotatable bonds is 5. The van der Waals surface area contributed by atoms with Gasteiger partial charge >= 0.3 is 6.36 Å². The Labute approximate surface area is 174 Å². The number of aromatic nitrogens is 2. The molecule has 2 aromatic heterocycles. The molecule has 1 aliphatic rings. The number of benzene rings is 1. The number of hydrogen-bond donors (Lipinski definition) is 0. The summed E-state index contributed by atoms with van der Waals surface area (Å²) in [6.45, 7) is 1.69. The molecule has 1 atom stereocenters. The molecule has 30 heavy (non-hydrogen) atoms. The fourth-order valence-corrected chi connectivity index (χ4v) is 4.66. The summed E-state index contributed by atoms with van der Waals surface area (Å²) in [6.07, 6.45) is -0.432. The quantitative estimate of drug-likeness (QED) is 0.557. The summed E-state index contributed by atoms with van der Waals surface area (Å²) >= 11 is 1.32. The Morgan fingerprint density at radius 3 is 2.87 bits per heavy atom. The lowest BCUT2D eigenvalue weighted by Gasteiger charge is -2.24. The van der Waals surface area contributed by atoms with Gasteiger partial charge in [-0.25, -0.2) is 4.98 Å². The molecule has 0 spiro atoms. The lowest BCUT2D eigenvalue weighted by atomic mass is 9.97. The van der Waals surface area contributed by atoms with Gasteiger partial charge in [0.05, 0.1) is 23.0 Å². The molecule has 9 heteroatoms. The van der Waals surface area contributed by atoms with Crippen molar-refractivity contribution in [3.63, 3.8) is 0 Å². The number of ether oxygens (including phenoxy) is 1. The maximum absolute atomic E-state index is 12.8. The van der Waals surface area contributed by atoms with Crippen LogP contribution in [0.4, 0.5) is 13.2 Å². The minimum Gasteiger partial charge on any atom is -0.406 e. The highest BCUT2D eigenvalue weighted by Gasteiger charge is 2.31. The number of fused-ring (bicyclic) bond motifs is 1. The van der Waals surface area contributed by atoms with Gasteiger partial charge in [-0.2, -0.15) is 0 Å². The van der Waals surface area contributed by atoms with Gasteiger partial charge in [0.15, 0.2) is 11.6 Å². The van der Waals surface area contributed by atoms with E-state index < -0.39 is 6.36 Å². The van der Waals surface area contributed by atoms with Crippen molar-refractivity contribution in [3.05, 3.63) is 59.0 Å². The van der Waals surface area contributed by atoms with Gasteiger partial charge in [-0.3, -0.25) is 9.59 Å². The molecule has 1 aromatic carbocycles. The lowest BCUT2D eigenvalue weighted by molar-refractivity contribution is -0.274. The molecule has 4 rings (SSSR count). The van der Waals surface area contributed by atoms with Crippen LogP contribution in [0.25, 0.3) is 10.4 Å². The molecule has 0 aliphatic carbocycles. The summed E-state index contributed by atoms with van der Waals surface area (Å²) in [4.78, 5) is 29.9. The first-order valence-corrected chi connectivity index (χ1v) is 10.1. The molecule has 3 aromatic rings. The molecule has 156 valence electrons. The SMILES string of the molecule is Cc1cc(OC(F)(F)F)ccc1-c1cnc(CC(=O)C2CCC(=O)c3cccn32)s1. The Hall–Kier alpha value is -2.94. The average Bonchev–Trinajstić information content (AvgIpc) is 3.31. The Morgan fingerprint density at radius 2 is 2.13 bits per heavy atom. The van der Waals surface area contributed by atoms with E-state index in [1.165, 1.54) is 23.5 Å². The molecular formula is C21H17F3N2O3S. The number of nitrogens with zero attached hydrogens (tertiary/aromatic N) is 2. The Morgan fingerprint density at radius 1 is 1.33 bits per heavy atom. The molecule has 1 unspecified atom stereocenters. The number of aryl methyl sites for hydroxylation is 1. The second kappa shape index (κ2) is 7.71. The summed E-state index contributed by atoms with van der Waals surface area (Å²) in [5.74, 6) is -0.265. The summed E-state index contributed by atoms with van der Waals surface area (Å²) in [5.41, 5.74) is 1.90. The third-order valence-electron chi connectivity index (χ3n) is 4.99. The van der Waals surface area contributed by atoms with Gasteiger partial charge in [0, 0.05) is 18.8 Å². The van der Waals surface area contributed by atoms with Crippen LogP contribution in [0.15, 0.2) is 42.7 Å². The van der Waals surface area contributed by atoms with E-state index in [1.54, 1.807) is 42.1 Å². The topological polar surface area (TPSA) is 61.2 Å². The maximum Gasteiger partial charge on any atom is 0.573 e. The van der Waals surface area contributed by atoms with Crippen molar-refractivity contribution in [2.45, 2.75) is 38.6 Å². The van der Waals surface area contributed by atoms with Crippen molar-refractivity contribution in [1.29, 1.82) is 0 Å². The number of hydrogen-bond acceptors (Lipinski definition) is 5. The van der Waals surface area contributed by atoms with Gasteiger partial charge < -0.3 is 9.30 Å². The van der Waals surface area contributed by atoms with Gasteiger partial charge in [0.25, 0.3) is 0 Å². The highest BCUT2D eigenvalue weighted by Crippen LogP contribution is 2.34. The Balaban J connectivity index is 1.49. The first-order chi connectivity index (χ1) is 14.2. The molecule has 0 bridgehead atoms. The van der Waals surface area contributed by atoms with E-state index in [4.69, 9.17) is 0 Å². The zero-order valence-electron chi connectivity index (χ0n) is 15.9. The van der Waals surface area contributed by atoms with Crippen molar-refractivity contribution in [3.8, 4) is 16.2 Å². The minimum atomic E-state index is -4.74. The molecule has 3 heterocycles. The molecule has 0 saturated heterocycles. The molecule has 0 N–H and O–H groups in total. The first kappa shape index (κ1) is 20.3. The number of Topliss-reactive ketones (excluding diaryl/α,β-unsaturated/α-hetero) is 2. The van der Waals surface area contributed by atoms with Crippen molar-refractivity contribution < 1.29 is 27.5 Å². The maximum atomic E-state index is 12.8. The third kappa shape index (κ3) is 4.16. The van der Waals surface area contributed by atoms with E-state index in [1.807, 2.05) is 0 Å². The van der Waals surface area contributed by atoms with E-state index >= 15 is 0 Å². The predicted octanol–water partition coefficient (Wildman–Crippen LogP) is 5.15. The van der Waals surface area contributed by atoms with Crippen molar-refractivity contribution in [2.75, 3.05) is 0 Å². The van der Waals surface area contributed by atoms with Gasteiger partial charge in [0.2, 0.25) is 0 Å². The summed E-state index contributed by atoms with van der Waals surface area (Å²) in [6, 6.07) is 7.22. The fraction of sp³-hybridized carbons (Fsp3) is 0.286. The van der Waals surface area contributed by atoms with Crippen LogP contribution in [0, 0.1) is 6.92 Å². The number of thiazole rings is 1. The number of halogens is 3. The second-order valence-corrected chi connectivity index (χ2v) is 8.18. The van der Waals surface area contributed by atoms with Crippen LogP contribution in [0.2, 0.25) is 0 Å². The van der Waals surface area contributed by atoms with E-state index in [-0.39, 0.29) is 29.8 Å². The number of alkyl halides is 3. The van der Waals surface area contributed by atoms with E-state index in [0.29, 0.717) is 29.1 Å². The van der Waals surface area contributed by atoms with Crippen LogP contribution < -0.4 is 4.74 Å². The molecule has 0 saturated carbocycles. The zero-order chi connectivity index (χ0) is 21.5. The van der Waals surface area contributed by atoms with E-state index in [2.05, 4.69) is 9.72 Å². The lowest BCUT2D eigenvalue weighted by Crippen LogP contribution is -2.28. The molecule has 0 radical (unpaired) electrons. The predicted molar refractivity (Wildman–Crippen MR) is 105 cm³/mol. The van der Waals surface area contributed by atoms with Crippen molar-refractivity contribution in [1.82, 2.24) is 9.55 Å². The minimum absolute atomic E-state index is 0.0218. The first-order valence-electron chi connectivity index (χ1n) is 9.25. The molecule has 0 fully saturated rings. The van der Waals surface area contributed by atoms with Crippen LogP contribution in [0.1, 0.15) is 39.9 Å². The van der Waals surface area contributed by atoms with Gasteiger partial charge in [-0.15, -0.1) is 24.5 Å². The fourth-order valence-electron chi connectivity index (χ4n) is 3.65. The standard InChI is InChI=1S/C21H17F3N2O3S/c1-12-9-13(29-21(22,23)24)4-5-14(12)19-11-25-20(30-19)10-18(28)16-6-7-17(27)15-3-2-8-26(15)16/h2-5,8-9,11,16H,6-7,10H2,1H3. The van der Waals surface area contributed by atoms with Gasteiger partial charge in [-0.1, -0.05) is 0 Å². The second-order valence-electron chi connectivity index (χ2n) is 7.06. The molecule has 5 nitrogen and oxygen atoms in total. The largest absolute Gasteiger partial charge is 0.573 e. The number of carbonyl (C=O) groups excluding carboxylic acids is 2. The monoisotopic (exact) mass is 434 g/mol. The average molecular weight is 434 g/mol. The van der Waals surface area contributed by atoms with Gasteiger partial charge in [0.1, 0.15) is 10.8 Å².